The molecule has 5 nitrogen and oxygen atoms in total. The first-order valence-electron chi connectivity index (χ1n) is 4.03. The highest BCUT2D eigenvalue weighted by atomic mass is 16.6. The van der Waals surface area contributed by atoms with Gasteiger partial charge in [0.2, 0.25) is 0 Å². The molecule has 0 aromatic heterocycles. The van der Waals surface area contributed by atoms with Crippen molar-refractivity contribution in [2.24, 2.45) is 0 Å². The second-order valence-electron chi connectivity index (χ2n) is 3.60. The summed E-state index contributed by atoms with van der Waals surface area (Å²) in [6.07, 6.45) is -0.729. The van der Waals surface area contributed by atoms with Crippen LogP contribution in [0.3, 0.4) is 0 Å². The van der Waals surface area contributed by atoms with E-state index in [0.717, 1.165) is 0 Å². The maximum Gasteiger partial charge on any atom is 0.412 e. The second-order valence-corrected chi connectivity index (χ2v) is 3.60. The number of esters is 1. The number of rotatable bonds is 2. The number of nitrogens with one attached hydrogen (secondary N) is 1. The Morgan fingerprint density at radius 3 is 2.21 bits per heavy atom. The molecule has 0 bridgehead atoms. The van der Waals surface area contributed by atoms with Crippen molar-refractivity contribution in [2.45, 2.75) is 26.4 Å². The van der Waals surface area contributed by atoms with E-state index in [0.29, 0.717) is 0 Å². The number of alkyl carbamates (subject to hydrolysis) is 1. The molecular formula is C9H17NO4. The molecule has 0 aliphatic carbocycles. The molecule has 1 amide bonds. The number of ether oxygens (including phenoxy) is 2. The zero-order valence-corrected chi connectivity index (χ0v) is 8.84. The van der Waals surface area contributed by atoms with Crippen LogP contribution in [0.2, 0.25) is 0 Å². The molecule has 0 spiro atoms. The molecule has 1 N–H and O–H groups in total. The van der Waals surface area contributed by atoms with Crippen LogP contribution >= 0.6 is 0 Å². The highest BCUT2D eigenvalue weighted by Crippen LogP contribution is 2.06. The molecule has 0 saturated heterocycles. The van der Waals surface area contributed by atoms with Gasteiger partial charge in [-0.15, -0.1) is 0 Å². The van der Waals surface area contributed by atoms with Crippen LogP contribution in [0, 0.1) is 0 Å². The Morgan fingerprint density at radius 1 is 1.36 bits per heavy atom. The summed E-state index contributed by atoms with van der Waals surface area (Å²) in [6, 6.07) is 0. The van der Waals surface area contributed by atoms with Crippen LogP contribution in [0.15, 0.2) is 12.3 Å². The molecule has 0 fully saturated rings. The summed E-state index contributed by atoms with van der Waals surface area (Å²) < 4.78 is 9.22. The topological polar surface area (TPSA) is 64.6 Å². The van der Waals surface area contributed by atoms with E-state index in [9.17, 15) is 9.59 Å². The van der Waals surface area contributed by atoms with Crippen molar-refractivity contribution in [3.05, 3.63) is 12.3 Å². The van der Waals surface area contributed by atoms with Crippen LogP contribution in [0.25, 0.3) is 0 Å². The minimum absolute atomic E-state index is 0. The predicted octanol–water partition coefficient (Wildman–Crippen LogP) is 1.44. The summed E-state index contributed by atoms with van der Waals surface area (Å²) in [5, 5.41) is 2.16. The van der Waals surface area contributed by atoms with Crippen LogP contribution in [0.4, 0.5) is 4.79 Å². The molecule has 14 heavy (non-hydrogen) atoms. The van der Waals surface area contributed by atoms with Gasteiger partial charge in [0.25, 0.3) is 0 Å². The fourth-order valence-electron chi connectivity index (χ4n) is 0.601. The van der Waals surface area contributed by atoms with Crippen molar-refractivity contribution in [1.82, 2.24) is 5.32 Å². The Balaban J connectivity index is 0. The van der Waals surface area contributed by atoms with Crippen LogP contribution in [0.1, 0.15) is 22.2 Å². The first-order chi connectivity index (χ1) is 6.26. The van der Waals surface area contributed by atoms with Crippen LogP contribution in [0.5, 0.6) is 0 Å². The zero-order chi connectivity index (χ0) is 11.4. The highest BCUT2D eigenvalue weighted by Gasteiger charge is 2.18. The van der Waals surface area contributed by atoms with Gasteiger partial charge < -0.3 is 9.47 Å². The molecule has 0 aliphatic rings. The van der Waals surface area contributed by atoms with Gasteiger partial charge in [-0.1, -0.05) is 6.58 Å². The molecule has 0 rings (SSSR count). The van der Waals surface area contributed by atoms with Gasteiger partial charge in [-0.05, 0) is 20.8 Å². The molecule has 0 saturated carbocycles. The normalized spacial score (nSPS) is 10.3. The van der Waals surface area contributed by atoms with Crippen LogP contribution in [-0.4, -0.2) is 24.8 Å². The molecule has 0 atom stereocenters. The number of hydrogen-bond donors (Lipinski definition) is 1. The zero-order valence-electron chi connectivity index (χ0n) is 8.84. The van der Waals surface area contributed by atoms with E-state index in [1.807, 2.05) is 0 Å². The monoisotopic (exact) mass is 203 g/mol. The first-order valence-corrected chi connectivity index (χ1v) is 4.03. The van der Waals surface area contributed by atoms with E-state index < -0.39 is 17.7 Å². The van der Waals surface area contributed by atoms with Gasteiger partial charge in [-0.3, -0.25) is 5.32 Å². The van der Waals surface area contributed by atoms with Crippen molar-refractivity contribution in [1.29, 1.82) is 0 Å². The van der Waals surface area contributed by atoms with E-state index in [1.165, 1.54) is 7.11 Å². The molecule has 5 heteroatoms. The Kier molecular flexibility index (Phi) is 4.14. The molecule has 0 heterocycles. The van der Waals surface area contributed by atoms with Gasteiger partial charge in [-0.25, -0.2) is 9.59 Å². The quantitative estimate of drug-likeness (QED) is 0.545. The van der Waals surface area contributed by atoms with Gasteiger partial charge in [-0.2, -0.15) is 0 Å². The lowest BCUT2D eigenvalue weighted by Gasteiger charge is -2.19. The van der Waals surface area contributed by atoms with E-state index in [-0.39, 0.29) is 7.12 Å². The molecular weight excluding hydrogens is 186 g/mol. The number of hydrogen-bond acceptors (Lipinski definition) is 4. The number of carbonyl (C=O) groups excluding carboxylic acids is 2. The van der Waals surface area contributed by atoms with E-state index in [1.54, 1.807) is 20.8 Å². The van der Waals surface area contributed by atoms with Gasteiger partial charge in [0.05, 0.1) is 7.11 Å². The summed E-state index contributed by atoms with van der Waals surface area (Å²) in [5.74, 6) is -0.698. The largest absolute Gasteiger partial charge is 0.464 e. The third kappa shape index (κ3) is 5.18. The minimum Gasteiger partial charge on any atom is -0.464 e. The summed E-state index contributed by atoms with van der Waals surface area (Å²) in [7, 11) is 1.20. The summed E-state index contributed by atoms with van der Waals surface area (Å²) in [5.41, 5.74) is -0.762. The van der Waals surface area contributed by atoms with Crippen molar-refractivity contribution in [2.75, 3.05) is 7.11 Å². The molecule has 0 aromatic carbocycles. The van der Waals surface area contributed by atoms with Gasteiger partial charge in [0.1, 0.15) is 11.3 Å². The smallest absolute Gasteiger partial charge is 0.412 e. The average molecular weight is 203 g/mol. The standard InChI is InChI=1S/C9H15NO4.H2/c1-6(7(11)13-5)10-8(12)14-9(2,3)4;/h1H2,2-5H3,(H,10,12);1H. The lowest BCUT2D eigenvalue weighted by atomic mass is 10.2. The van der Waals surface area contributed by atoms with Gasteiger partial charge in [0.15, 0.2) is 0 Å². The number of carbonyl (C=O) groups is 2. The van der Waals surface area contributed by atoms with Crippen molar-refractivity contribution >= 4 is 12.1 Å². The molecule has 0 radical (unpaired) electrons. The minimum atomic E-state index is -0.729. The fraction of sp³-hybridized carbons (Fsp3) is 0.556. The third-order valence-corrected chi connectivity index (χ3v) is 1.08. The molecule has 0 aliphatic heterocycles. The van der Waals surface area contributed by atoms with Crippen molar-refractivity contribution < 1.29 is 20.5 Å². The summed E-state index contributed by atoms with van der Waals surface area (Å²) in [6.45, 7) is 8.46. The Bertz CT molecular complexity index is 257. The van der Waals surface area contributed by atoms with Gasteiger partial charge >= 0.3 is 12.1 Å². The number of methoxy groups -OCH3 is 1. The van der Waals surface area contributed by atoms with Gasteiger partial charge in [0, 0.05) is 1.43 Å². The Morgan fingerprint density at radius 2 is 1.86 bits per heavy atom. The number of amides is 1. The van der Waals surface area contributed by atoms with E-state index >= 15 is 0 Å². The maximum atomic E-state index is 11.1. The third-order valence-electron chi connectivity index (χ3n) is 1.08. The Labute approximate surface area is 84.6 Å². The molecule has 0 unspecified atom stereocenters. The molecule has 0 aromatic rings. The summed E-state index contributed by atoms with van der Waals surface area (Å²) >= 11 is 0. The molecule has 82 valence electrons. The predicted molar refractivity (Wildman–Crippen MR) is 52.6 cm³/mol. The van der Waals surface area contributed by atoms with Crippen molar-refractivity contribution in [3.8, 4) is 0 Å². The SMILES string of the molecule is C=C(NC(=O)OC(C)(C)C)C(=O)OC.[HH]. The highest BCUT2D eigenvalue weighted by molar-refractivity contribution is 5.91. The van der Waals surface area contributed by atoms with Crippen molar-refractivity contribution in [3.63, 3.8) is 0 Å². The average Bonchev–Trinajstić information content (AvgIpc) is 1.99. The maximum absolute atomic E-state index is 11.1. The fourth-order valence-corrected chi connectivity index (χ4v) is 0.601. The Hall–Kier alpha value is -1.52. The lowest BCUT2D eigenvalue weighted by molar-refractivity contribution is -0.136. The van der Waals surface area contributed by atoms with E-state index in [4.69, 9.17) is 4.74 Å². The lowest BCUT2D eigenvalue weighted by Crippen LogP contribution is -2.34. The second kappa shape index (κ2) is 4.64. The van der Waals surface area contributed by atoms with Crippen LogP contribution in [-0.2, 0) is 14.3 Å². The summed E-state index contributed by atoms with van der Waals surface area (Å²) in [4.78, 5) is 21.9. The van der Waals surface area contributed by atoms with Crippen LogP contribution < -0.4 is 5.32 Å². The van der Waals surface area contributed by atoms with E-state index in [2.05, 4.69) is 16.6 Å². The first kappa shape index (κ1) is 12.5.